The van der Waals surface area contributed by atoms with Crippen molar-refractivity contribution in [3.63, 3.8) is 0 Å². The Labute approximate surface area is 113 Å². The number of carbonyl (C=O) groups is 1. The number of aromatic carboxylic acids is 1. The summed E-state index contributed by atoms with van der Waals surface area (Å²) in [6.45, 7) is 3.16. The first-order valence-electron chi connectivity index (χ1n) is 6.79. The number of nitrogens with two attached hydrogens (primary N) is 1. The molecule has 4 N–H and O–H groups in total. The van der Waals surface area contributed by atoms with Crippen LogP contribution in [0.5, 0.6) is 0 Å². The smallest absolute Gasteiger partial charge is 0.337 e. The number of hydrogen-bond donors (Lipinski definition) is 3. The van der Waals surface area contributed by atoms with Crippen LogP contribution in [-0.2, 0) is 0 Å². The summed E-state index contributed by atoms with van der Waals surface area (Å²) in [4.78, 5) is 14.9. The number of aromatic nitrogens is 1. The maximum atomic E-state index is 10.8. The van der Waals surface area contributed by atoms with Crippen LogP contribution < -0.4 is 11.1 Å². The van der Waals surface area contributed by atoms with E-state index in [0.29, 0.717) is 17.4 Å². The van der Waals surface area contributed by atoms with E-state index in [9.17, 15) is 4.79 Å². The van der Waals surface area contributed by atoms with Gasteiger partial charge in [0.05, 0.1) is 11.3 Å². The number of nitrogen functional groups attached to an aromatic ring is 1. The van der Waals surface area contributed by atoms with E-state index >= 15 is 0 Å². The average molecular weight is 263 g/mol. The summed E-state index contributed by atoms with van der Waals surface area (Å²) in [5, 5.41) is 12.1. The van der Waals surface area contributed by atoms with E-state index in [-0.39, 0.29) is 5.56 Å². The molecule has 5 nitrogen and oxygen atoms in total. The van der Waals surface area contributed by atoms with Gasteiger partial charge in [0.25, 0.3) is 0 Å². The first-order chi connectivity index (χ1) is 9.06. The maximum Gasteiger partial charge on any atom is 0.337 e. The molecule has 5 heteroatoms. The highest BCUT2D eigenvalue weighted by Gasteiger charge is 2.18. The Kier molecular flexibility index (Phi) is 4.24. The third kappa shape index (κ3) is 3.59. The van der Waals surface area contributed by atoms with E-state index in [1.54, 1.807) is 0 Å². The summed E-state index contributed by atoms with van der Waals surface area (Å²) < 4.78 is 0. The molecule has 1 aromatic heterocycles. The lowest BCUT2D eigenvalue weighted by Gasteiger charge is -2.26. The molecule has 1 fully saturated rings. The van der Waals surface area contributed by atoms with Crippen LogP contribution in [-0.4, -0.2) is 22.6 Å². The van der Waals surface area contributed by atoms with E-state index in [2.05, 4.69) is 17.2 Å². The zero-order chi connectivity index (χ0) is 13.8. The molecular formula is C14H21N3O2. The van der Waals surface area contributed by atoms with Crippen molar-refractivity contribution in [3.8, 4) is 0 Å². The molecule has 1 aliphatic carbocycles. The molecule has 0 aromatic carbocycles. The quantitative estimate of drug-likeness (QED) is 0.777. The Balaban J connectivity index is 1.91. The summed E-state index contributed by atoms with van der Waals surface area (Å²) >= 11 is 0. The topological polar surface area (TPSA) is 88.2 Å². The summed E-state index contributed by atoms with van der Waals surface area (Å²) in [6, 6.07) is 1.45. The molecular weight excluding hydrogens is 242 g/mol. The normalized spacial score (nSPS) is 23.0. The summed E-state index contributed by atoms with van der Waals surface area (Å²) in [5.41, 5.74) is 6.32. The molecule has 2 rings (SSSR count). The number of nitrogens with zero attached hydrogens (tertiary/aromatic N) is 1. The molecule has 1 heterocycles. The third-order valence-corrected chi connectivity index (χ3v) is 3.86. The summed E-state index contributed by atoms with van der Waals surface area (Å²) in [5.74, 6) is 1.08. The van der Waals surface area contributed by atoms with Gasteiger partial charge in [-0.15, -0.1) is 0 Å². The monoisotopic (exact) mass is 263 g/mol. The molecule has 0 radical (unpaired) electrons. The fourth-order valence-electron chi connectivity index (χ4n) is 2.52. The van der Waals surface area contributed by atoms with Gasteiger partial charge in [-0.3, -0.25) is 0 Å². The molecule has 0 aliphatic heterocycles. The molecule has 0 atom stereocenters. The lowest BCUT2D eigenvalue weighted by Crippen LogP contribution is -2.21. The Hall–Kier alpha value is -1.78. The molecule has 19 heavy (non-hydrogen) atoms. The van der Waals surface area contributed by atoms with Crippen molar-refractivity contribution in [2.24, 2.45) is 11.8 Å². The maximum absolute atomic E-state index is 10.8. The average Bonchev–Trinajstić information content (AvgIpc) is 2.39. The highest BCUT2D eigenvalue weighted by molar-refractivity contribution is 5.89. The molecule has 0 amide bonds. The van der Waals surface area contributed by atoms with Gasteiger partial charge in [0.2, 0.25) is 0 Å². The van der Waals surface area contributed by atoms with Crippen LogP contribution in [0.15, 0.2) is 12.3 Å². The van der Waals surface area contributed by atoms with Crippen molar-refractivity contribution in [1.82, 2.24) is 4.98 Å². The molecule has 0 bridgehead atoms. The SMILES string of the molecule is CC1CCC(CNc2ncc(C(=O)O)cc2N)CC1. The van der Waals surface area contributed by atoms with Gasteiger partial charge < -0.3 is 16.2 Å². The predicted octanol–water partition coefficient (Wildman–Crippen LogP) is 2.60. The molecule has 104 valence electrons. The van der Waals surface area contributed by atoms with Gasteiger partial charge in [-0.2, -0.15) is 0 Å². The van der Waals surface area contributed by atoms with E-state index in [1.807, 2.05) is 0 Å². The molecule has 0 saturated heterocycles. The number of hydrogen-bond acceptors (Lipinski definition) is 4. The van der Waals surface area contributed by atoms with Crippen LogP contribution in [0, 0.1) is 11.8 Å². The second-order valence-corrected chi connectivity index (χ2v) is 5.47. The Morgan fingerprint density at radius 1 is 1.47 bits per heavy atom. The zero-order valence-electron chi connectivity index (χ0n) is 11.2. The Morgan fingerprint density at radius 3 is 2.74 bits per heavy atom. The van der Waals surface area contributed by atoms with Crippen LogP contribution >= 0.6 is 0 Å². The minimum absolute atomic E-state index is 0.120. The second kappa shape index (κ2) is 5.91. The van der Waals surface area contributed by atoms with Gasteiger partial charge in [-0.05, 0) is 30.7 Å². The van der Waals surface area contributed by atoms with Crippen molar-refractivity contribution in [3.05, 3.63) is 17.8 Å². The number of pyridine rings is 1. The van der Waals surface area contributed by atoms with Gasteiger partial charge >= 0.3 is 5.97 Å². The molecule has 1 aliphatic rings. The minimum atomic E-state index is -1.01. The number of nitrogens with one attached hydrogen (secondary N) is 1. The zero-order valence-corrected chi connectivity index (χ0v) is 11.2. The highest BCUT2D eigenvalue weighted by atomic mass is 16.4. The van der Waals surface area contributed by atoms with Gasteiger partial charge in [0.1, 0.15) is 5.82 Å². The highest BCUT2D eigenvalue weighted by Crippen LogP contribution is 2.28. The second-order valence-electron chi connectivity index (χ2n) is 5.47. The first kappa shape index (κ1) is 13.6. The fourth-order valence-corrected chi connectivity index (χ4v) is 2.52. The Morgan fingerprint density at radius 2 is 2.16 bits per heavy atom. The molecule has 1 aromatic rings. The largest absolute Gasteiger partial charge is 0.478 e. The van der Waals surface area contributed by atoms with Crippen molar-refractivity contribution >= 4 is 17.5 Å². The van der Waals surface area contributed by atoms with E-state index < -0.39 is 5.97 Å². The van der Waals surface area contributed by atoms with Crippen LogP contribution in [0.4, 0.5) is 11.5 Å². The molecule has 1 saturated carbocycles. The number of carboxylic acids is 1. The van der Waals surface area contributed by atoms with Gasteiger partial charge in [-0.1, -0.05) is 19.8 Å². The standard InChI is InChI=1S/C14H21N3O2/c1-9-2-4-10(5-3-9)7-16-13-12(15)6-11(8-17-13)14(18)19/h6,8-10H,2-5,7,15H2,1H3,(H,16,17)(H,18,19). The first-order valence-corrected chi connectivity index (χ1v) is 6.79. The Bertz CT molecular complexity index is 454. The van der Waals surface area contributed by atoms with Crippen molar-refractivity contribution in [1.29, 1.82) is 0 Å². The van der Waals surface area contributed by atoms with E-state index in [0.717, 1.165) is 12.5 Å². The minimum Gasteiger partial charge on any atom is -0.478 e. The van der Waals surface area contributed by atoms with Gasteiger partial charge in [0, 0.05) is 12.7 Å². The number of rotatable bonds is 4. The summed E-state index contributed by atoms with van der Waals surface area (Å²) in [7, 11) is 0. The fraction of sp³-hybridized carbons (Fsp3) is 0.571. The van der Waals surface area contributed by atoms with Crippen molar-refractivity contribution in [2.45, 2.75) is 32.6 Å². The van der Waals surface area contributed by atoms with E-state index in [1.165, 1.54) is 37.9 Å². The lowest BCUT2D eigenvalue weighted by atomic mass is 9.83. The van der Waals surface area contributed by atoms with Crippen LogP contribution in [0.3, 0.4) is 0 Å². The summed E-state index contributed by atoms with van der Waals surface area (Å²) in [6.07, 6.45) is 6.38. The van der Waals surface area contributed by atoms with Crippen molar-refractivity contribution in [2.75, 3.05) is 17.6 Å². The van der Waals surface area contributed by atoms with Crippen molar-refractivity contribution < 1.29 is 9.90 Å². The van der Waals surface area contributed by atoms with Gasteiger partial charge in [0.15, 0.2) is 0 Å². The number of anilines is 2. The molecule has 0 unspecified atom stereocenters. The van der Waals surface area contributed by atoms with Crippen LogP contribution in [0.1, 0.15) is 43.0 Å². The van der Waals surface area contributed by atoms with Crippen LogP contribution in [0.25, 0.3) is 0 Å². The third-order valence-electron chi connectivity index (χ3n) is 3.86. The molecule has 0 spiro atoms. The predicted molar refractivity (Wildman–Crippen MR) is 75.2 cm³/mol. The number of carboxylic acid groups (broad SMARTS) is 1. The van der Waals surface area contributed by atoms with E-state index in [4.69, 9.17) is 10.8 Å². The lowest BCUT2D eigenvalue weighted by molar-refractivity contribution is 0.0696. The van der Waals surface area contributed by atoms with Gasteiger partial charge in [-0.25, -0.2) is 9.78 Å². The van der Waals surface area contributed by atoms with Crippen LogP contribution in [0.2, 0.25) is 0 Å².